The Morgan fingerprint density at radius 3 is 2.36 bits per heavy atom. The van der Waals surface area contributed by atoms with Crippen molar-refractivity contribution >= 4 is 22.6 Å². The number of alkyl halides is 3. The summed E-state index contributed by atoms with van der Waals surface area (Å²) in [6.45, 7) is 0. The molecule has 0 saturated carbocycles. The number of aromatic nitrogens is 1. The molecule has 8 heteroatoms. The van der Waals surface area contributed by atoms with Crippen molar-refractivity contribution in [1.82, 2.24) is 4.98 Å². The molecule has 0 unspecified atom stereocenters. The Bertz CT molecular complexity index is 353. The Hall–Kier alpha value is -0.670. The number of ether oxygens (including phenoxy) is 1. The summed E-state index contributed by atoms with van der Waals surface area (Å²) in [5.74, 6) is -3.87. The summed E-state index contributed by atoms with van der Waals surface area (Å²) in [5.41, 5.74) is 0. The highest BCUT2D eigenvalue weighted by atomic mass is 127. The Morgan fingerprint density at radius 1 is 1.29 bits per heavy atom. The van der Waals surface area contributed by atoms with E-state index in [0.717, 1.165) is 0 Å². The van der Waals surface area contributed by atoms with Gasteiger partial charge in [0.2, 0.25) is 0 Å². The minimum Gasteiger partial charge on any atom is -0.401 e. The minimum atomic E-state index is -5.07. The molecule has 1 aromatic heterocycles. The Labute approximate surface area is 88.2 Å². The predicted molar refractivity (Wildman–Crippen MR) is 43.6 cm³/mol. The lowest BCUT2D eigenvalue weighted by Gasteiger charge is -2.09. The van der Waals surface area contributed by atoms with Crippen LogP contribution in [-0.4, -0.2) is 11.3 Å². The van der Waals surface area contributed by atoms with Crippen molar-refractivity contribution in [2.45, 2.75) is 6.36 Å². The van der Waals surface area contributed by atoms with Crippen LogP contribution >= 0.6 is 22.6 Å². The maximum atomic E-state index is 12.7. The van der Waals surface area contributed by atoms with Crippen LogP contribution in [0, 0.1) is 15.5 Å². The van der Waals surface area contributed by atoms with Crippen molar-refractivity contribution in [1.29, 1.82) is 0 Å². The molecule has 1 aromatic rings. The van der Waals surface area contributed by atoms with Crippen LogP contribution in [0.2, 0.25) is 0 Å². The van der Waals surface area contributed by atoms with Gasteiger partial charge in [0.25, 0.3) is 5.95 Å². The van der Waals surface area contributed by atoms with Crippen LogP contribution in [0.5, 0.6) is 5.75 Å². The van der Waals surface area contributed by atoms with E-state index < -0.39 is 23.9 Å². The molecule has 0 aliphatic rings. The summed E-state index contributed by atoms with van der Waals surface area (Å²) in [4.78, 5) is 2.88. The summed E-state index contributed by atoms with van der Waals surface area (Å²) >= 11 is 1.34. The smallest absolute Gasteiger partial charge is 0.401 e. The highest BCUT2D eigenvalue weighted by Gasteiger charge is 2.33. The highest BCUT2D eigenvalue weighted by molar-refractivity contribution is 14.1. The number of rotatable bonds is 1. The van der Waals surface area contributed by atoms with Crippen molar-refractivity contribution in [2.75, 3.05) is 0 Å². The second-order valence-corrected chi connectivity index (χ2v) is 3.12. The minimum absolute atomic E-state index is 0.289. The van der Waals surface area contributed by atoms with Gasteiger partial charge in [-0.3, -0.25) is 0 Å². The molecule has 0 saturated heterocycles. The number of halogens is 6. The van der Waals surface area contributed by atoms with Crippen molar-refractivity contribution in [2.24, 2.45) is 0 Å². The number of hydrogen-bond donors (Lipinski definition) is 0. The lowest BCUT2D eigenvalue weighted by molar-refractivity contribution is -0.275. The van der Waals surface area contributed by atoms with Crippen LogP contribution < -0.4 is 4.74 Å². The Balaban J connectivity index is 3.04. The van der Waals surface area contributed by atoms with Gasteiger partial charge in [-0.1, -0.05) is 0 Å². The monoisotopic (exact) mass is 325 g/mol. The molecular weight excluding hydrogens is 324 g/mol. The highest BCUT2D eigenvalue weighted by Crippen LogP contribution is 2.26. The second kappa shape index (κ2) is 3.83. The zero-order chi connectivity index (χ0) is 10.9. The average molecular weight is 325 g/mol. The number of hydrogen-bond acceptors (Lipinski definition) is 2. The van der Waals surface area contributed by atoms with Gasteiger partial charge in [-0.05, 0) is 22.6 Å². The summed E-state index contributed by atoms with van der Waals surface area (Å²) < 4.78 is 63.0. The normalized spacial score (nSPS) is 11.6. The van der Waals surface area contributed by atoms with Crippen LogP contribution in [0.1, 0.15) is 0 Å². The topological polar surface area (TPSA) is 22.1 Å². The molecule has 0 atom stereocenters. The first-order valence-electron chi connectivity index (χ1n) is 3.07. The molecular formula is C6HF5INO. The summed E-state index contributed by atoms with van der Waals surface area (Å²) in [6.07, 6.45) is -5.07. The van der Waals surface area contributed by atoms with E-state index in [1.807, 2.05) is 0 Å². The van der Waals surface area contributed by atoms with Gasteiger partial charge in [0, 0.05) is 6.07 Å². The molecule has 0 aliphatic heterocycles. The van der Waals surface area contributed by atoms with Crippen molar-refractivity contribution in [3.05, 3.63) is 21.5 Å². The van der Waals surface area contributed by atoms with Crippen molar-refractivity contribution in [3.63, 3.8) is 0 Å². The zero-order valence-corrected chi connectivity index (χ0v) is 8.36. The van der Waals surface area contributed by atoms with Gasteiger partial charge in [0.05, 0.1) is 0 Å². The summed E-state index contributed by atoms with van der Waals surface area (Å²) in [7, 11) is 0. The standard InChI is InChI=1S/C6HF5INO/c7-2-1-3(14-6(9,10)11)4(8)13-5(2)12/h1H. The molecule has 0 aliphatic carbocycles. The van der Waals surface area contributed by atoms with Crippen LogP contribution in [0.15, 0.2) is 6.07 Å². The van der Waals surface area contributed by atoms with Gasteiger partial charge in [0.15, 0.2) is 11.6 Å². The van der Waals surface area contributed by atoms with E-state index >= 15 is 0 Å². The lowest BCUT2D eigenvalue weighted by atomic mass is 10.4. The quantitative estimate of drug-likeness (QED) is 0.450. The van der Waals surface area contributed by atoms with Crippen molar-refractivity contribution in [3.8, 4) is 5.75 Å². The Morgan fingerprint density at radius 2 is 1.86 bits per heavy atom. The van der Waals surface area contributed by atoms with Gasteiger partial charge in [0.1, 0.15) is 3.70 Å². The molecule has 0 N–H and O–H groups in total. The number of pyridine rings is 1. The summed E-state index contributed by atoms with van der Waals surface area (Å²) in [5, 5.41) is 0. The predicted octanol–water partition coefficient (Wildman–Crippen LogP) is 2.86. The molecule has 0 bridgehead atoms. The fourth-order valence-electron chi connectivity index (χ4n) is 0.625. The van der Waals surface area contributed by atoms with E-state index in [-0.39, 0.29) is 9.77 Å². The van der Waals surface area contributed by atoms with Gasteiger partial charge in [-0.15, -0.1) is 13.2 Å². The van der Waals surface area contributed by atoms with E-state index in [4.69, 9.17) is 0 Å². The molecule has 14 heavy (non-hydrogen) atoms. The molecule has 1 rings (SSSR count). The fraction of sp³-hybridized carbons (Fsp3) is 0.167. The maximum Gasteiger partial charge on any atom is 0.573 e. The molecule has 0 aromatic carbocycles. The first-order valence-corrected chi connectivity index (χ1v) is 4.15. The first kappa shape index (κ1) is 11.4. The second-order valence-electron chi connectivity index (χ2n) is 2.10. The molecule has 0 fully saturated rings. The van der Waals surface area contributed by atoms with E-state index in [1.165, 1.54) is 22.6 Å². The van der Waals surface area contributed by atoms with Crippen LogP contribution in [0.3, 0.4) is 0 Å². The van der Waals surface area contributed by atoms with E-state index in [9.17, 15) is 22.0 Å². The average Bonchev–Trinajstić information content (AvgIpc) is 1.97. The van der Waals surface area contributed by atoms with Crippen LogP contribution in [-0.2, 0) is 0 Å². The lowest BCUT2D eigenvalue weighted by Crippen LogP contribution is -2.18. The van der Waals surface area contributed by atoms with Gasteiger partial charge >= 0.3 is 6.36 Å². The molecule has 0 amide bonds. The Kier molecular flexibility index (Phi) is 3.12. The van der Waals surface area contributed by atoms with Gasteiger partial charge < -0.3 is 4.74 Å². The van der Waals surface area contributed by atoms with Crippen molar-refractivity contribution < 1.29 is 26.7 Å². The molecule has 2 nitrogen and oxygen atoms in total. The molecule has 0 spiro atoms. The van der Waals surface area contributed by atoms with E-state index in [2.05, 4.69) is 9.72 Å². The van der Waals surface area contributed by atoms with Gasteiger partial charge in [-0.2, -0.15) is 4.39 Å². The molecule has 78 valence electrons. The largest absolute Gasteiger partial charge is 0.573 e. The van der Waals surface area contributed by atoms with E-state index in [1.54, 1.807) is 0 Å². The summed E-state index contributed by atoms with van der Waals surface area (Å²) in [6, 6.07) is 0.289. The van der Waals surface area contributed by atoms with E-state index in [0.29, 0.717) is 0 Å². The third-order valence-electron chi connectivity index (χ3n) is 1.08. The van der Waals surface area contributed by atoms with Gasteiger partial charge in [-0.25, -0.2) is 9.37 Å². The maximum absolute atomic E-state index is 12.7. The third kappa shape index (κ3) is 2.93. The first-order chi connectivity index (χ1) is 6.29. The fourth-order valence-corrected chi connectivity index (χ4v) is 0.993. The number of nitrogens with zero attached hydrogens (tertiary/aromatic N) is 1. The van der Waals surface area contributed by atoms with Crippen LogP contribution in [0.4, 0.5) is 22.0 Å². The van der Waals surface area contributed by atoms with Crippen LogP contribution in [0.25, 0.3) is 0 Å². The molecule has 1 heterocycles. The third-order valence-corrected chi connectivity index (χ3v) is 1.84. The molecule has 0 radical (unpaired) electrons. The zero-order valence-electron chi connectivity index (χ0n) is 6.20. The SMILES string of the molecule is Fc1cc(OC(F)(F)F)c(F)nc1I.